The lowest BCUT2D eigenvalue weighted by Gasteiger charge is -2.08. The van der Waals surface area contributed by atoms with Gasteiger partial charge in [-0.25, -0.2) is 9.97 Å². The molecule has 0 unspecified atom stereocenters. The van der Waals surface area contributed by atoms with Crippen LogP contribution in [-0.4, -0.2) is 38.1 Å². The van der Waals surface area contributed by atoms with Crippen LogP contribution in [0.4, 0.5) is 11.6 Å². The second-order valence-corrected chi connectivity index (χ2v) is 7.35. The summed E-state index contributed by atoms with van der Waals surface area (Å²) in [5.74, 6) is 1.52. The van der Waals surface area contributed by atoms with Crippen molar-refractivity contribution in [2.24, 2.45) is 0 Å². The van der Waals surface area contributed by atoms with Crippen LogP contribution in [0.25, 0.3) is 22.6 Å². The third-order valence-corrected chi connectivity index (χ3v) is 5.16. The first-order chi connectivity index (χ1) is 14.3. The maximum absolute atomic E-state index is 4.81. The highest BCUT2D eigenvalue weighted by Gasteiger charge is 2.29. The highest BCUT2D eigenvalue weighted by molar-refractivity contribution is 5.78. The number of imidazole rings is 1. The number of hydrogen-bond acceptors (Lipinski definition) is 6. The number of pyridine rings is 1. The van der Waals surface area contributed by atoms with Crippen molar-refractivity contribution in [3.63, 3.8) is 0 Å². The summed E-state index contributed by atoms with van der Waals surface area (Å²) in [6.45, 7) is 0.970. The third-order valence-electron chi connectivity index (χ3n) is 5.16. The molecule has 0 saturated heterocycles. The van der Waals surface area contributed by atoms with E-state index in [0.717, 1.165) is 54.0 Å². The highest BCUT2D eigenvalue weighted by atomic mass is 15.2. The van der Waals surface area contributed by atoms with E-state index in [4.69, 9.17) is 9.97 Å². The Labute approximate surface area is 169 Å². The van der Waals surface area contributed by atoms with Gasteiger partial charge in [0.15, 0.2) is 5.65 Å². The second kappa shape index (κ2) is 7.60. The van der Waals surface area contributed by atoms with Gasteiger partial charge in [0.25, 0.3) is 0 Å². The molecule has 7 heteroatoms. The summed E-state index contributed by atoms with van der Waals surface area (Å²) >= 11 is 0. The van der Waals surface area contributed by atoms with E-state index in [2.05, 4.69) is 49.4 Å². The minimum absolute atomic E-state index is 0.456. The lowest BCUT2D eigenvalue weighted by Crippen LogP contribution is -2.10. The molecule has 0 spiro atoms. The van der Waals surface area contributed by atoms with Crippen molar-refractivity contribution in [2.45, 2.75) is 25.3 Å². The molecular weight excluding hydrogens is 362 g/mol. The van der Waals surface area contributed by atoms with E-state index < -0.39 is 0 Å². The second-order valence-electron chi connectivity index (χ2n) is 7.35. The largest absolute Gasteiger partial charge is 0.324 e. The first-order valence-electron chi connectivity index (χ1n) is 9.98. The van der Waals surface area contributed by atoms with Crippen molar-refractivity contribution in [3.05, 3.63) is 60.6 Å². The Bertz CT molecular complexity index is 1120. The van der Waals surface area contributed by atoms with Crippen LogP contribution in [0, 0.1) is 0 Å². The van der Waals surface area contributed by atoms with Crippen LogP contribution in [-0.2, 0) is 6.42 Å². The average Bonchev–Trinajstić information content (AvgIpc) is 3.53. The molecule has 1 aliphatic rings. The van der Waals surface area contributed by atoms with E-state index in [1.165, 1.54) is 5.56 Å². The zero-order valence-corrected chi connectivity index (χ0v) is 16.3. The van der Waals surface area contributed by atoms with Crippen LogP contribution in [0.3, 0.4) is 0 Å². The first-order valence-corrected chi connectivity index (χ1v) is 9.98. The molecule has 4 aromatic rings. The standard InChI is InChI=1S/C22H23N7/c1-23-11-8-15-2-4-17(5-3-15)26-22-25-14-19-21(28-22)29(18-6-7-18)20(27-19)16-9-12-24-13-10-16/h2-5,9-10,12-14,18,23H,6-8,11H2,1H3,(H,25,26,28). The normalized spacial score (nSPS) is 13.7. The number of hydrogen-bond donors (Lipinski definition) is 2. The molecule has 1 fully saturated rings. The highest BCUT2D eigenvalue weighted by Crippen LogP contribution is 2.40. The monoisotopic (exact) mass is 385 g/mol. The molecule has 1 aliphatic carbocycles. The molecule has 0 amide bonds. The first kappa shape index (κ1) is 17.8. The lowest BCUT2D eigenvalue weighted by atomic mass is 10.1. The van der Waals surface area contributed by atoms with Gasteiger partial charge in [0.05, 0.1) is 6.20 Å². The molecule has 0 radical (unpaired) electrons. The summed E-state index contributed by atoms with van der Waals surface area (Å²) < 4.78 is 2.25. The minimum Gasteiger partial charge on any atom is -0.324 e. The van der Waals surface area contributed by atoms with Crippen LogP contribution in [0.15, 0.2) is 55.0 Å². The molecule has 146 valence electrons. The molecule has 7 nitrogen and oxygen atoms in total. The zero-order valence-electron chi connectivity index (χ0n) is 16.3. The number of benzene rings is 1. The number of nitrogens with one attached hydrogen (secondary N) is 2. The SMILES string of the molecule is CNCCc1ccc(Nc2ncc3nc(-c4ccncc4)n(C4CC4)c3n2)cc1. The van der Waals surface area contributed by atoms with E-state index in [1.54, 1.807) is 18.6 Å². The van der Waals surface area contributed by atoms with Gasteiger partial charge >= 0.3 is 0 Å². The quantitative estimate of drug-likeness (QED) is 0.505. The van der Waals surface area contributed by atoms with Gasteiger partial charge in [0.1, 0.15) is 11.3 Å². The summed E-state index contributed by atoms with van der Waals surface area (Å²) in [5, 5.41) is 6.50. The third kappa shape index (κ3) is 3.69. The fourth-order valence-electron chi connectivity index (χ4n) is 3.49. The maximum atomic E-state index is 4.81. The van der Waals surface area contributed by atoms with E-state index in [-0.39, 0.29) is 0 Å². The Balaban J connectivity index is 1.46. The van der Waals surface area contributed by atoms with Crippen molar-refractivity contribution in [1.82, 2.24) is 29.8 Å². The van der Waals surface area contributed by atoms with E-state index in [0.29, 0.717) is 12.0 Å². The smallest absolute Gasteiger partial charge is 0.229 e. The Morgan fingerprint density at radius 2 is 1.83 bits per heavy atom. The van der Waals surface area contributed by atoms with Crippen molar-refractivity contribution in [1.29, 1.82) is 0 Å². The number of nitrogens with zero attached hydrogens (tertiary/aromatic N) is 5. The van der Waals surface area contributed by atoms with Crippen molar-refractivity contribution >= 4 is 22.8 Å². The molecule has 29 heavy (non-hydrogen) atoms. The van der Waals surface area contributed by atoms with Gasteiger partial charge in [-0.05, 0) is 62.7 Å². The van der Waals surface area contributed by atoms with E-state index >= 15 is 0 Å². The fraction of sp³-hybridized carbons (Fsp3) is 0.273. The molecule has 2 N–H and O–H groups in total. The predicted octanol–water partition coefficient (Wildman–Crippen LogP) is 3.73. The molecule has 1 saturated carbocycles. The van der Waals surface area contributed by atoms with Crippen LogP contribution in [0.1, 0.15) is 24.4 Å². The summed E-state index contributed by atoms with van der Waals surface area (Å²) in [7, 11) is 1.97. The van der Waals surface area contributed by atoms with Crippen molar-refractivity contribution in [3.8, 4) is 11.4 Å². The summed E-state index contributed by atoms with van der Waals surface area (Å²) in [6, 6.07) is 12.8. The molecule has 1 aromatic carbocycles. The van der Waals surface area contributed by atoms with Gasteiger partial charge < -0.3 is 15.2 Å². The number of anilines is 2. The zero-order chi connectivity index (χ0) is 19.6. The van der Waals surface area contributed by atoms with Crippen LogP contribution in [0.2, 0.25) is 0 Å². The molecule has 3 heterocycles. The predicted molar refractivity (Wildman–Crippen MR) is 114 cm³/mol. The minimum atomic E-state index is 0.456. The van der Waals surface area contributed by atoms with Gasteiger partial charge in [-0.3, -0.25) is 4.98 Å². The Kier molecular flexibility index (Phi) is 4.65. The summed E-state index contributed by atoms with van der Waals surface area (Å²) in [5.41, 5.74) is 5.02. The maximum Gasteiger partial charge on any atom is 0.229 e. The van der Waals surface area contributed by atoms with Crippen LogP contribution in [0.5, 0.6) is 0 Å². The molecule has 0 bridgehead atoms. The Morgan fingerprint density at radius 1 is 1.03 bits per heavy atom. The van der Waals surface area contributed by atoms with Gasteiger partial charge in [0, 0.05) is 29.7 Å². The Morgan fingerprint density at radius 3 is 2.55 bits per heavy atom. The fourth-order valence-corrected chi connectivity index (χ4v) is 3.49. The number of likely N-dealkylation sites (N-methyl/N-ethyl adjacent to an activating group) is 1. The van der Waals surface area contributed by atoms with Crippen molar-refractivity contribution < 1.29 is 0 Å². The lowest BCUT2D eigenvalue weighted by molar-refractivity contribution is 0.766. The van der Waals surface area contributed by atoms with Gasteiger partial charge in [0.2, 0.25) is 5.95 Å². The molecular formula is C22H23N7. The average molecular weight is 385 g/mol. The number of aromatic nitrogens is 5. The van der Waals surface area contributed by atoms with Crippen LogP contribution < -0.4 is 10.6 Å². The molecule has 0 atom stereocenters. The summed E-state index contributed by atoms with van der Waals surface area (Å²) in [4.78, 5) is 18.2. The number of rotatable bonds is 7. The summed E-state index contributed by atoms with van der Waals surface area (Å²) in [6.07, 6.45) is 8.72. The molecule has 5 rings (SSSR count). The van der Waals surface area contributed by atoms with Gasteiger partial charge in [-0.1, -0.05) is 12.1 Å². The van der Waals surface area contributed by atoms with E-state index in [9.17, 15) is 0 Å². The van der Waals surface area contributed by atoms with Crippen LogP contribution >= 0.6 is 0 Å². The van der Waals surface area contributed by atoms with Crippen molar-refractivity contribution in [2.75, 3.05) is 18.9 Å². The Hall–Kier alpha value is -3.32. The topological polar surface area (TPSA) is 80.5 Å². The molecule has 0 aliphatic heterocycles. The molecule has 3 aromatic heterocycles. The van der Waals surface area contributed by atoms with Gasteiger partial charge in [-0.15, -0.1) is 0 Å². The van der Waals surface area contributed by atoms with Gasteiger partial charge in [-0.2, -0.15) is 4.98 Å². The van der Waals surface area contributed by atoms with E-state index in [1.807, 2.05) is 19.2 Å². The number of fused-ring (bicyclic) bond motifs is 1.